The average Bonchev–Trinajstić information content (AvgIpc) is 3.12. The van der Waals surface area contributed by atoms with E-state index in [1.54, 1.807) is 19.1 Å². The first-order valence-corrected chi connectivity index (χ1v) is 9.99. The number of methoxy groups -OCH3 is 1. The van der Waals surface area contributed by atoms with Gasteiger partial charge in [0.2, 0.25) is 0 Å². The highest BCUT2D eigenvalue weighted by Crippen LogP contribution is 2.50. The summed E-state index contributed by atoms with van der Waals surface area (Å²) in [4.78, 5) is 12.4. The van der Waals surface area contributed by atoms with Crippen LogP contribution in [0.3, 0.4) is 0 Å². The van der Waals surface area contributed by atoms with Crippen molar-refractivity contribution in [2.75, 3.05) is 13.7 Å². The van der Waals surface area contributed by atoms with Gasteiger partial charge in [0.15, 0.2) is 0 Å². The number of benzene rings is 2. The maximum absolute atomic E-state index is 13.8. The maximum atomic E-state index is 13.8. The standard InChI is InChI=1S/C21H24FN3O2S/c1-15(27-2)20(26)25-21(12-7-13-23,17-9-4-3-5-10-17)28-19(24-25)16-8-6-11-18(22)14-16/h3-6,8-11,14-15H,7,12-13,23H2,1-2H3/t15-,21?/m0/s1. The van der Waals surface area contributed by atoms with E-state index in [4.69, 9.17) is 10.5 Å². The molecule has 1 heterocycles. The number of nitrogens with two attached hydrogens (primary N) is 1. The molecule has 1 aliphatic rings. The lowest BCUT2D eigenvalue weighted by molar-refractivity contribution is -0.144. The van der Waals surface area contributed by atoms with Gasteiger partial charge < -0.3 is 10.5 Å². The van der Waals surface area contributed by atoms with Gasteiger partial charge in [-0.2, -0.15) is 5.10 Å². The number of amides is 1. The molecule has 1 amide bonds. The van der Waals surface area contributed by atoms with Crippen molar-refractivity contribution < 1.29 is 13.9 Å². The van der Waals surface area contributed by atoms with Crippen molar-refractivity contribution in [3.63, 3.8) is 0 Å². The molecule has 7 heteroatoms. The van der Waals surface area contributed by atoms with Gasteiger partial charge in [-0.25, -0.2) is 9.40 Å². The van der Waals surface area contributed by atoms with Crippen LogP contribution in [0, 0.1) is 5.82 Å². The van der Waals surface area contributed by atoms with Crippen LogP contribution < -0.4 is 5.73 Å². The molecule has 0 saturated heterocycles. The minimum absolute atomic E-state index is 0.248. The number of ether oxygens (including phenoxy) is 1. The Labute approximate surface area is 168 Å². The second kappa shape index (κ2) is 8.86. The summed E-state index contributed by atoms with van der Waals surface area (Å²) < 4.78 is 19.1. The quantitative estimate of drug-likeness (QED) is 0.768. The molecule has 1 unspecified atom stereocenters. The van der Waals surface area contributed by atoms with Crippen molar-refractivity contribution >= 4 is 22.7 Å². The van der Waals surface area contributed by atoms with E-state index in [2.05, 4.69) is 5.10 Å². The number of thioether (sulfide) groups is 1. The summed E-state index contributed by atoms with van der Waals surface area (Å²) in [6, 6.07) is 16.0. The Balaban J connectivity index is 2.11. The Morgan fingerprint density at radius 3 is 2.68 bits per heavy atom. The molecule has 0 fully saturated rings. The number of hydrazone groups is 1. The third kappa shape index (κ3) is 3.97. The first-order chi connectivity index (χ1) is 13.5. The fourth-order valence-corrected chi connectivity index (χ4v) is 4.56. The average molecular weight is 402 g/mol. The fourth-order valence-electron chi connectivity index (χ4n) is 3.16. The molecule has 2 atom stereocenters. The molecular weight excluding hydrogens is 377 g/mol. The number of hydrogen-bond donors (Lipinski definition) is 1. The summed E-state index contributed by atoms with van der Waals surface area (Å²) in [7, 11) is 1.49. The Morgan fingerprint density at radius 2 is 2.04 bits per heavy atom. The lowest BCUT2D eigenvalue weighted by Crippen LogP contribution is -2.46. The number of hydrogen-bond acceptors (Lipinski definition) is 5. The van der Waals surface area contributed by atoms with E-state index in [9.17, 15) is 9.18 Å². The third-order valence-electron chi connectivity index (χ3n) is 4.72. The number of halogens is 1. The summed E-state index contributed by atoms with van der Waals surface area (Å²) in [6.45, 7) is 2.19. The van der Waals surface area contributed by atoms with Crippen molar-refractivity contribution in [1.29, 1.82) is 0 Å². The first kappa shape index (κ1) is 20.5. The summed E-state index contributed by atoms with van der Waals surface area (Å²) in [5, 5.41) is 6.72. The van der Waals surface area contributed by atoms with E-state index >= 15 is 0 Å². The zero-order valence-electron chi connectivity index (χ0n) is 16.0. The number of carbonyl (C=O) groups is 1. The van der Waals surface area contributed by atoms with E-state index in [0.29, 0.717) is 30.0 Å². The van der Waals surface area contributed by atoms with Gasteiger partial charge in [0.25, 0.3) is 5.91 Å². The van der Waals surface area contributed by atoms with Gasteiger partial charge in [0, 0.05) is 12.7 Å². The van der Waals surface area contributed by atoms with Gasteiger partial charge in [-0.05, 0) is 44.0 Å². The minimum atomic E-state index is -0.758. The molecule has 2 aromatic rings. The Morgan fingerprint density at radius 1 is 1.29 bits per heavy atom. The van der Waals surface area contributed by atoms with Crippen molar-refractivity contribution in [3.05, 3.63) is 71.5 Å². The Kier molecular flexibility index (Phi) is 6.49. The molecule has 0 spiro atoms. The zero-order chi connectivity index (χ0) is 20.1. The van der Waals surface area contributed by atoms with Crippen LogP contribution in [0.2, 0.25) is 0 Å². The van der Waals surface area contributed by atoms with Gasteiger partial charge in [-0.3, -0.25) is 4.79 Å². The van der Waals surface area contributed by atoms with Crippen molar-refractivity contribution in [2.24, 2.45) is 10.8 Å². The normalized spacial score (nSPS) is 20.1. The van der Waals surface area contributed by atoms with E-state index < -0.39 is 11.0 Å². The van der Waals surface area contributed by atoms with Crippen LogP contribution in [0.25, 0.3) is 0 Å². The van der Waals surface area contributed by atoms with Crippen LogP contribution in [0.15, 0.2) is 59.7 Å². The predicted molar refractivity (Wildman–Crippen MR) is 110 cm³/mol. The zero-order valence-corrected chi connectivity index (χ0v) is 16.8. The van der Waals surface area contributed by atoms with Gasteiger partial charge in [-0.15, -0.1) is 0 Å². The number of nitrogens with zero attached hydrogens (tertiary/aromatic N) is 2. The molecule has 1 aliphatic heterocycles. The molecule has 2 N–H and O–H groups in total. The highest BCUT2D eigenvalue weighted by atomic mass is 32.2. The SMILES string of the molecule is CO[C@@H](C)C(=O)N1N=C(c2cccc(F)c2)SC1(CCCN)c1ccccc1. The lowest BCUT2D eigenvalue weighted by atomic mass is 10.00. The van der Waals surface area contributed by atoms with E-state index in [0.717, 1.165) is 5.56 Å². The maximum Gasteiger partial charge on any atom is 0.273 e. The summed E-state index contributed by atoms with van der Waals surface area (Å²) in [5.74, 6) is -0.592. The summed E-state index contributed by atoms with van der Waals surface area (Å²) >= 11 is 1.45. The van der Waals surface area contributed by atoms with Crippen LogP contribution in [-0.2, 0) is 14.4 Å². The summed E-state index contributed by atoms with van der Waals surface area (Å²) in [5.41, 5.74) is 7.37. The largest absolute Gasteiger partial charge is 0.372 e. The van der Waals surface area contributed by atoms with E-state index in [-0.39, 0.29) is 11.7 Å². The number of rotatable bonds is 7. The monoisotopic (exact) mass is 401 g/mol. The molecule has 28 heavy (non-hydrogen) atoms. The molecular formula is C21H24FN3O2S. The Hall–Kier alpha value is -2.22. The molecule has 0 aliphatic carbocycles. The highest BCUT2D eigenvalue weighted by Gasteiger charge is 2.49. The van der Waals surface area contributed by atoms with Crippen molar-refractivity contribution in [2.45, 2.75) is 30.7 Å². The van der Waals surface area contributed by atoms with Gasteiger partial charge in [0.1, 0.15) is 21.8 Å². The smallest absolute Gasteiger partial charge is 0.273 e. The van der Waals surface area contributed by atoms with E-state index in [1.807, 2.05) is 30.3 Å². The van der Waals surface area contributed by atoms with Crippen molar-refractivity contribution in [3.8, 4) is 0 Å². The summed E-state index contributed by atoms with van der Waals surface area (Å²) in [6.07, 6.45) is 0.666. The molecule has 0 aromatic heterocycles. The van der Waals surface area contributed by atoms with E-state index in [1.165, 1.54) is 36.0 Å². The molecule has 0 bridgehead atoms. The van der Waals surface area contributed by atoms with Crippen LogP contribution in [0.4, 0.5) is 4.39 Å². The van der Waals surface area contributed by atoms with Crippen LogP contribution in [0.5, 0.6) is 0 Å². The molecule has 0 saturated carbocycles. The van der Waals surface area contributed by atoms with Gasteiger partial charge >= 0.3 is 0 Å². The van der Waals surface area contributed by atoms with Crippen molar-refractivity contribution in [1.82, 2.24) is 5.01 Å². The number of carbonyl (C=O) groups excluding carboxylic acids is 1. The third-order valence-corrected chi connectivity index (χ3v) is 6.19. The second-order valence-corrected chi connectivity index (χ2v) is 7.85. The molecule has 3 rings (SSSR count). The van der Waals surface area contributed by atoms with Crippen LogP contribution in [0.1, 0.15) is 30.9 Å². The lowest BCUT2D eigenvalue weighted by Gasteiger charge is -2.36. The van der Waals surface area contributed by atoms with Crippen LogP contribution in [-0.4, -0.2) is 35.7 Å². The molecule has 148 valence electrons. The molecule has 5 nitrogen and oxygen atoms in total. The Bertz CT molecular complexity index is 862. The van der Waals surface area contributed by atoms with Gasteiger partial charge in [0.05, 0.1) is 0 Å². The highest BCUT2D eigenvalue weighted by molar-refractivity contribution is 8.15. The topological polar surface area (TPSA) is 67.9 Å². The van der Waals surface area contributed by atoms with Crippen LogP contribution >= 0.6 is 11.8 Å². The molecule has 0 radical (unpaired) electrons. The van der Waals surface area contributed by atoms with Gasteiger partial charge in [-0.1, -0.05) is 54.2 Å². The predicted octanol–water partition coefficient (Wildman–Crippen LogP) is 3.69. The minimum Gasteiger partial charge on any atom is -0.372 e. The second-order valence-electron chi connectivity index (χ2n) is 6.59. The fraction of sp³-hybridized carbons (Fsp3) is 0.333. The molecule has 2 aromatic carbocycles. The first-order valence-electron chi connectivity index (χ1n) is 9.18.